The molecule has 0 bridgehead atoms. The lowest BCUT2D eigenvalue weighted by molar-refractivity contribution is 0.647. The van der Waals surface area contributed by atoms with E-state index in [1.165, 1.54) is 16.8 Å². The number of nitrogens with one attached hydrogen (secondary N) is 2. The van der Waals surface area contributed by atoms with E-state index < -0.39 is 0 Å². The van der Waals surface area contributed by atoms with Gasteiger partial charge in [0.25, 0.3) is 0 Å². The third-order valence-corrected chi connectivity index (χ3v) is 3.16. The van der Waals surface area contributed by atoms with E-state index in [0.717, 1.165) is 31.6 Å². The highest BCUT2D eigenvalue weighted by molar-refractivity contribution is 5.15. The molecule has 2 N–H and O–H groups in total. The van der Waals surface area contributed by atoms with Crippen LogP contribution in [-0.2, 0) is 20.0 Å². The van der Waals surface area contributed by atoms with Crippen molar-refractivity contribution in [2.24, 2.45) is 7.05 Å². The third kappa shape index (κ3) is 3.20. The normalized spacial score (nSPS) is 11.1. The van der Waals surface area contributed by atoms with Crippen LogP contribution in [0, 0.1) is 13.8 Å². The number of hydrogen-bond donors (Lipinski definition) is 2. The molecule has 0 aliphatic rings. The Labute approximate surface area is 108 Å². The standard InChI is InChI=1S/C13H21N5/c1-10-12(8-15-16-10)5-4-6-14-7-13-9-18(3)17-11(13)2/h8-9,14H,4-7H2,1-3H3,(H,15,16). The Morgan fingerprint density at radius 3 is 2.78 bits per heavy atom. The van der Waals surface area contributed by atoms with Crippen molar-refractivity contribution in [3.63, 3.8) is 0 Å². The lowest BCUT2D eigenvalue weighted by Gasteiger charge is -2.03. The average molecular weight is 247 g/mol. The zero-order valence-corrected chi connectivity index (χ0v) is 11.3. The molecule has 0 aliphatic heterocycles. The number of aromatic nitrogens is 4. The van der Waals surface area contributed by atoms with Crippen LogP contribution in [0.5, 0.6) is 0 Å². The zero-order chi connectivity index (χ0) is 13.0. The SMILES string of the molecule is Cc1nn(C)cc1CNCCCc1cn[nH]c1C. The zero-order valence-electron chi connectivity index (χ0n) is 11.3. The number of H-pyrrole nitrogens is 1. The number of hydrogen-bond acceptors (Lipinski definition) is 3. The van der Waals surface area contributed by atoms with E-state index in [0.29, 0.717) is 0 Å². The molecule has 0 saturated carbocycles. The van der Waals surface area contributed by atoms with Gasteiger partial charge in [-0.15, -0.1) is 0 Å². The van der Waals surface area contributed by atoms with Crippen LogP contribution in [-0.4, -0.2) is 26.5 Å². The monoisotopic (exact) mass is 247 g/mol. The summed E-state index contributed by atoms with van der Waals surface area (Å²) in [5, 5.41) is 14.8. The first-order valence-electron chi connectivity index (χ1n) is 6.35. The van der Waals surface area contributed by atoms with E-state index in [1.807, 2.05) is 24.9 Å². The number of nitrogens with zero attached hydrogens (tertiary/aromatic N) is 3. The quantitative estimate of drug-likeness (QED) is 0.760. The van der Waals surface area contributed by atoms with E-state index >= 15 is 0 Å². The van der Waals surface area contributed by atoms with Crippen molar-refractivity contribution in [1.29, 1.82) is 0 Å². The number of aryl methyl sites for hydroxylation is 4. The summed E-state index contributed by atoms with van der Waals surface area (Å²) in [5.41, 5.74) is 4.88. The minimum Gasteiger partial charge on any atom is -0.313 e. The molecule has 0 fully saturated rings. The molecule has 2 rings (SSSR count). The van der Waals surface area contributed by atoms with Crippen LogP contribution in [0.4, 0.5) is 0 Å². The fraction of sp³-hybridized carbons (Fsp3) is 0.538. The Morgan fingerprint density at radius 1 is 1.33 bits per heavy atom. The van der Waals surface area contributed by atoms with Gasteiger partial charge in [-0.05, 0) is 38.8 Å². The smallest absolute Gasteiger partial charge is 0.0638 e. The second-order valence-corrected chi connectivity index (χ2v) is 4.71. The summed E-state index contributed by atoms with van der Waals surface area (Å²) in [4.78, 5) is 0. The van der Waals surface area contributed by atoms with Crippen molar-refractivity contribution in [3.05, 3.63) is 34.9 Å². The molecule has 5 heteroatoms. The summed E-state index contributed by atoms with van der Waals surface area (Å²) in [7, 11) is 1.96. The van der Waals surface area contributed by atoms with Gasteiger partial charge in [-0.2, -0.15) is 10.2 Å². The van der Waals surface area contributed by atoms with Gasteiger partial charge >= 0.3 is 0 Å². The molecule has 0 aromatic carbocycles. The summed E-state index contributed by atoms with van der Waals surface area (Å²) in [6, 6.07) is 0. The first kappa shape index (κ1) is 12.8. The minimum atomic E-state index is 0.893. The lowest BCUT2D eigenvalue weighted by Crippen LogP contribution is -2.15. The molecule has 0 spiro atoms. The van der Waals surface area contributed by atoms with Crippen LogP contribution in [0.3, 0.4) is 0 Å². The molecular weight excluding hydrogens is 226 g/mol. The molecule has 98 valence electrons. The van der Waals surface area contributed by atoms with E-state index in [-0.39, 0.29) is 0 Å². The Balaban J connectivity index is 1.67. The average Bonchev–Trinajstić information content (AvgIpc) is 2.86. The van der Waals surface area contributed by atoms with Crippen LogP contribution in [0.25, 0.3) is 0 Å². The Hall–Kier alpha value is -1.62. The van der Waals surface area contributed by atoms with Gasteiger partial charge < -0.3 is 5.32 Å². The summed E-state index contributed by atoms with van der Waals surface area (Å²) in [5.74, 6) is 0. The number of aromatic amines is 1. The first-order valence-corrected chi connectivity index (χ1v) is 6.35. The van der Waals surface area contributed by atoms with Crippen LogP contribution >= 0.6 is 0 Å². The Bertz CT molecular complexity index is 497. The Kier molecular flexibility index (Phi) is 4.15. The van der Waals surface area contributed by atoms with Crippen molar-refractivity contribution in [2.75, 3.05) is 6.54 Å². The predicted molar refractivity (Wildman–Crippen MR) is 71.3 cm³/mol. The molecule has 5 nitrogen and oxygen atoms in total. The summed E-state index contributed by atoms with van der Waals surface area (Å²) < 4.78 is 1.86. The van der Waals surface area contributed by atoms with E-state index in [2.05, 4.69) is 33.7 Å². The summed E-state index contributed by atoms with van der Waals surface area (Å²) in [6.07, 6.45) is 6.18. The van der Waals surface area contributed by atoms with Crippen molar-refractivity contribution in [3.8, 4) is 0 Å². The van der Waals surface area contributed by atoms with Gasteiger partial charge in [-0.3, -0.25) is 9.78 Å². The maximum atomic E-state index is 4.33. The second kappa shape index (κ2) is 5.82. The number of rotatable bonds is 6. The van der Waals surface area contributed by atoms with Crippen LogP contribution < -0.4 is 5.32 Å². The lowest BCUT2D eigenvalue weighted by atomic mass is 10.1. The van der Waals surface area contributed by atoms with Crippen LogP contribution in [0.1, 0.15) is 28.9 Å². The maximum Gasteiger partial charge on any atom is 0.0638 e. The molecule has 18 heavy (non-hydrogen) atoms. The summed E-state index contributed by atoms with van der Waals surface area (Å²) in [6.45, 7) is 6.02. The van der Waals surface area contributed by atoms with Gasteiger partial charge in [0.05, 0.1) is 11.9 Å². The highest BCUT2D eigenvalue weighted by atomic mass is 15.2. The van der Waals surface area contributed by atoms with E-state index in [1.54, 1.807) is 0 Å². The van der Waals surface area contributed by atoms with Gasteiger partial charge in [0.1, 0.15) is 0 Å². The molecule has 2 heterocycles. The largest absolute Gasteiger partial charge is 0.313 e. The van der Waals surface area contributed by atoms with Crippen molar-refractivity contribution >= 4 is 0 Å². The Morgan fingerprint density at radius 2 is 2.17 bits per heavy atom. The molecule has 0 unspecified atom stereocenters. The van der Waals surface area contributed by atoms with Crippen molar-refractivity contribution < 1.29 is 0 Å². The molecule has 0 saturated heterocycles. The van der Waals surface area contributed by atoms with Crippen molar-refractivity contribution in [1.82, 2.24) is 25.3 Å². The second-order valence-electron chi connectivity index (χ2n) is 4.71. The molecular formula is C13H21N5. The molecule has 0 atom stereocenters. The molecule has 0 amide bonds. The van der Waals surface area contributed by atoms with Gasteiger partial charge in [0.2, 0.25) is 0 Å². The molecule has 0 radical (unpaired) electrons. The summed E-state index contributed by atoms with van der Waals surface area (Å²) >= 11 is 0. The third-order valence-electron chi connectivity index (χ3n) is 3.16. The maximum absolute atomic E-state index is 4.33. The van der Waals surface area contributed by atoms with Gasteiger partial charge in [-0.1, -0.05) is 0 Å². The van der Waals surface area contributed by atoms with Crippen LogP contribution in [0.15, 0.2) is 12.4 Å². The fourth-order valence-corrected chi connectivity index (χ4v) is 2.08. The van der Waals surface area contributed by atoms with E-state index in [9.17, 15) is 0 Å². The van der Waals surface area contributed by atoms with Gasteiger partial charge in [0, 0.05) is 31.0 Å². The van der Waals surface area contributed by atoms with Gasteiger partial charge in [0.15, 0.2) is 0 Å². The molecule has 2 aromatic heterocycles. The van der Waals surface area contributed by atoms with Crippen LogP contribution in [0.2, 0.25) is 0 Å². The first-order chi connectivity index (χ1) is 8.66. The van der Waals surface area contributed by atoms with Gasteiger partial charge in [-0.25, -0.2) is 0 Å². The fourth-order valence-electron chi connectivity index (χ4n) is 2.08. The molecule has 2 aromatic rings. The highest BCUT2D eigenvalue weighted by Gasteiger charge is 2.02. The van der Waals surface area contributed by atoms with Crippen molar-refractivity contribution in [2.45, 2.75) is 33.2 Å². The van der Waals surface area contributed by atoms with E-state index in [4.69, 9.17) is 0 Å². The topological polar surface area (TPSA) is 58.5 Å². The molecule has 0 aliphatic carbocycles. The highest BCUT2D eigenvalue weighted by Crippen LogP contribution is 2.06. The predicted octanol–water partition coefficient (Wildman–Crippen LogP) is 1.48. The minimum absolute atomic E-state index is 0.893.